The smallest absolute Gasteiger partial charge is 0.410 e. The quantitative estimate of drug-likeness (QED) is 0.354. The van der Waals surface area contributed by atoms with Crippen LogP contribution in [0.15, 0.2) is 18.2 Å². The lowest BCUT2D eigenvalue weighted by atomic mass is 9.98. The molecule has 10 heteroatoms. The number of nitrogens with zero attached hydrogens (tertiary/aromatic N) is 2. The average molecular weight is 548 g/mol. The number of hydrogen-bond acceptors (Lipinski definition) is 8. The molecule has 4 rings (SSSR count). The van der Waals surface area contributed by atoms with E-state index < -0.39 is 0 Å². The van der Waals surface area contributed by atoms with Crippen molar-refractivity contribution in [1.82, 2.24) is 15.1 Å². The molecule has 3 atom stereocenters. The van der Waals surface area contributed by atoms with E-state index in [0.717, 1.165) is 45.3 Å². The number of carbonyl (C=O) groups excluding carboxylic acids is 2. The monoisotopic (exact) mass is 547 g/mol. The van der Waals surface area contributed by atoms with E-state index in [1.807, 2.05) is 23.6 Å². The highest BCUT2D eigenvalue weighted by molar-refractivity contribution is 5.95. The Labute approximate surface area is 232 Å². The normalized spacial score (nSPS) is 22.6. The van der Waals surface area contributed by atoms with Crippen molar-refractivity contribution < 1.29 is 33.3 Å². The summed E-state index contributed by atoms with van der Waals surface area (Å²) in [5.41, 5.74) is 0.548. The third-order valence-corrected chi connectivity index (χ3v) is 7.68. The highest BCUT2D eigenvalue weighted by Crippen LogP contribution is 2.32. The van der Waals surface area contributed by atoms with Gasteiger partial charge in [0.1, 0.15) is 6.61 Å². The van der Waals surface area contributed by atoms with E-state index in [1.54, 1.807) is 32.4 Å². The van der Waals surface area contributed by atoms with Gasteiger partial charge in [-0.25, -0.2) is 4.79 Å². The van der Waals surface area contributed by atoms with Gasteiger partial charge in [-0.2, -0.15) is 0 Å². The van der Waals surface area contributed by atoms with E-state index in [0.29, 0.717) is 50.0 Å². The molecule has 2 aliphatic heterocycles. The van der Waals surface area contributed by atoms with Crippen LogP contribution in [0.1, 0.15) is 56.3 Å². The number of nitrogens with one attached hydrogen (secondary N) is 1. The van der Waals surface area contributed by atoms with Crippen molar-refractivity contribution in [1.29, 1.82) is 0 Å². The number of hydrogen-bond donors (Lipinski definition) is 1. The van der Waals surface area contributed by atoms with Crippen molar-refractivity contribution in [3.05, 3.63) is 23.8 Å². The van der Waals surface area contributed by atoms with Crippen LogP contribution < -0.4 is 14.8 Å². The molecule has 39 heavy (non-hydrogen) atoms. The van der Waals surface area contributed by atoms with E-state index in [-0.39, 0.29) is 42.1 Å². The first-order chi connectivity index (χ1) is 18.9. The van der Waals surface area contributed by atoms with Gasteiger partial charge in [-0.05, 0) is 57.7 Å². The molecule has 1 aromatic rings. The van der Waals surface area contributed by atoms with Crippen molar-refractivity contribution in [2.45, 2.75) is 70.2 Å². The van der Waals surface area contributed by atoms with Crippen LogP contribution in [0.2, 0.25) is 0 Å². The number of ether oxygens (including phenoxy) is 5. The Kier molecular flexibility index (Phi) is 10.7. The summed E-state index contributed by atoms with van der Waals surface area (Å²) >= 11 is 0. The fraction of sp³-hybridized carbons (Fsp3) is 0.724. The van der Waals surface area contributed by atoms with E-state index in [4.69, 9.17) is 23.7 Å². The van der Waals surface area contributed by atoms with Gasteiger partial charge >= 0.3 is 6.09 Å². The average Bonchev–Trinajstić information content (AvgIpc) is 3.44. The summed E-state index contributed by atoms with van der Waals surface area (Å²) in [6.07, 6.45) is 4.40. The van der Waals surface area contributed by atoms with E-state index in [9.17, 15) is 9.59 Å². The van der Waals surface area contributed by atoms with Gasteiger partial charge in [0.15, 0.2) is 11.5 Å². The second kappa shape index (κ2) is 14.2. The lowest BCUT2D eigenvalue weighted by Gasteiger charge is -2.37. The maximum Gasteiger partial charge on any atom is 0.410 e. The van der Waals surface area contributed by atoms with Crippen LogP contribution in [-0.2, 0) is 14.2 Å². The van der Waals surface area contributed by atoms with Crippen molar-refractivity contribution in [2.24, 2.45) is 5.92 Å². The molecule has 1 saturated carbocycles. The Morgan fingerprint density at radius 3 is 2.59 bits per heavy atom. The minimum absolute atomic E-state index is 0.00305. The third-order valence-electron chi connectivity index (χ3n) is 7.68. The molecule has 2 amide bonds. The zero-order valence-corrected chi connectivity index (χ0v) is 23.9. The minimum atomic E-state index is -0.272. The molecule has 1 aliphatic carbocycles. The van der Waals surface area contributed by atoms with Gasteiger partial charge in [0.25, 0.3) is 5.91 Å². The molecule has 0 bridgehead atoms. The van der Waals surface area contributed by atoms with Gasteiger partial charge in [0.05, 0.1) is 25.9 Å². The van der Waals surface area contributed by atoms with E-state index >= 15 is 0 Å². The standard InChI is InChI=1S/C29H45N3O7/c1-20(2)32(28(33)21-8-11-26(36-4)27(15-21)38-14-6-12-35-3)25-17-30-16-22(25)18-31(23-9-10-23)29(34)39-19-24-7-5-13-37-24/h8,11,15,20,22-25,30H,5-7,9-10,12-14,16-19H2,1-4H3/t22-,24+,25+/m0/s1. The second-order valence-corrected chi connectivity index (χ2v) is 10.9. The lowest BCUT2D eigenvalue weighted by Crippen LogP contribution is -2.51. The van der Waals surface area contributed by atoms with E-state index in [2.05, 4.69) is 5.32 Å². The van der Waals surface area contributed by atoms with Gasteiger partial charge in [-0.15, -0.1) is 0 Å². The predicted octanol–water partition coefficient (Wildman–Crippen LogP) is 3.33. The third kappa shape index (κ3) is 7.77. The van der Waals surface area contributed by atoms with Crippen molar-refractivity contribution >= 4 is 12.0 Å². The van der Waals surface area contributed by atoms with Crippen LogP contribution in [0, 0.1) is 5.92 Å². The maximum absolute atomic E-state index is 13.9. The fourth-order valence-corrected chi connectivity index (χ4v) is 5.49. The van der Waals surface area contributed by atoms with Gasteiger partial charge < -0.3 is 38.8 Å². The molecule has 0 radical (unpaired) electrons. The maximum atomic E-state index is 13.9. The predicted molar refractivity (Wildman–Crippen MR) is 146 cm³/mol. The van der Waals surface area contributed by atoms with Gasteiger partial charge in [0.2, 0.25) is 0 Å². The zero-order valence-electron chi connectivity index (χ0n) is 23.9. The highest BCUT2D eigenvalue weighted by Gasteiger charge is 2.42. The molecule has 2 saturated heterocycles. The first-order valence-electron chi connectivity index (χ1n) is 14.3. The lowest BCUT2D eigenvalue weighted by molar-refractivity contribution is 0.0245. The summed E-state index contributed by atoms with van der Waals surface area (Å²) in [6.45, 7) is 8.13. The fourth-order valence-electron chi connectivity index (χ4n) is 5.49. The summed E-state index contributed by atoms with van der Waals surface area (Å²) < 4.78 is 27.8. The number of carbonyl (C=O) groups is 2. The zero-order chi connectivity index (χ0) is 27.8. The Hall–Kier alpha value is -2.56. The number of methoxy groups -OCH3 is 2. The summed E-state index contributed by atoms with van der Waals surface area (Å²) in [7, 11) is 3.25. The van der Waals surface area contributed by atoms with Crippen LogP contribution in [0.5, 0.6) is 11.5 Å². The first kappa shape index (κ1) is 29.4. The molecular weight excluding hydrogens is 502 g/mol. The van der Waals surface area contributed by atoms with Crippen LogP contribution in [0.4, 0.5) is 4.79 Å². The minimum Gasteiger partial charge on any atom is -0.493 e. The molecule has 0 spiro atoms. The molecule has 1 N–H and O–H groups in total. The van der Waals surface area contributed by atoms with Crippen LogP contribution >= 0.6 is 0 Å². The Balaban J connectivity index is 1.45. The number of amides is 2. The molecule has 2 heterocycles. The second-order valence-electron chi connectivity index (χ2n) is 10.9. The summed E-state index contributed by atoms with van der Waals surface area (Å²) in [6, 6.07) is 5.46. The van der Waals surface area contributed by atoms with E-state index in [1.165, 1.54) is 0 Å². The Bertz CT molecular complexity index is 949. The molecule has 1 aromatic carbocycles. The Morgan fingerprint density at radius 1 is 1.10 bits per heavy atom. The molecule has 10 nitrogen and oxygen atoms in total. The topological polar surface area (TPSA) is 98.8 Å². The largest absolute Gasteiger partial charge is 0.493 e. The molecular formula is C29H45N3O7. The summed E-state index contributed by atoms with van der Waals surface area (Å²) in [5, 5.41) is 3.46. The van der Waals surface area contributed by atoms with Gasteiger partial charge in [-0.1, -0.05) is 0 Å². The Morgan fingerprint density at radius 2 is 1.92 bits per heavy atom. The number of benzene rings is 1. The molecule has 0 unspecified atom stereocenters. The molecule has 0 aromatic heterocycles. The number of rotatable bonds is 14. The van der Waals surface area contributed by atoms with Crippen molar-refractivity contribution in [3.8, 4) is 11.5 Å². The summed E-state index contributed by atoms with van der Waals surface area (Å²) in [5.74, 6) is 1.16. The highest BCUT2D eigenvalue weighted by atomic mass is 16.6. The van der Waals surface area contributed by atoms with Crippen molar-refractivity contribution in [3.63, 3.8) is 0 Å². The van der Waals surface area contributed by atoms with Crippen LogP contribution in [-0.4, -0.2) is 106 Å². The van der Waals surface area contributed by atoms with Gasteiger partial charge in [-0.3, -0.25) is 4.79 Å². The molecule has 3 aliphatic rings. The van der Waals surface area contributed by atoms with Crippen molar-refractivity contribution in [2.75, 3.05) is 60.3 Å². The van der Waals surface area contributed by atoms with Crippen LogP contribution in [0.3, 0.4) is 0 Å². The van der Waals surface area contributed by atoms with Crippen LogP contribution in [0.25, 0.3) is 0 Å². The van der Waals surface area contributed by atoms with Gasteiger partial charge in [0, 0.05) is 69.9 Å². The SMILES string of the molecule is COCCCOc1cc(C(=O)N(C(C)C)[C@@H]2CNC[C@H]2CN(C(=O)OC[C@H]2CCCO2)C2CC2)ccc1OC. The molecule has 218 valence electrons. The first-order valence-corrected chi connectivity index (χ1v) is 14.3. The molecule has 3 fully saturated rings. The summed E-state index contributed by atoms with van der Waals surface area (Å²) in [4.78, 5) is 30.8.